The van der Waals surface area contributed by atoms with Crippen molar-refractivity contribution in [1.29, 1.82) is 0 Å². The van der Waals surface area contributed by atoms with Crippen molar-refractivity contribution in [1.82, 2.24) is 0 Å². The molecule has 0 saturated carbocycles. The third kappa shape index (κ3) is 3.15. The summed E-state index contributed by atoms with van der Waals surface area (Å²) < 4.78 is 6.61. The van der Waals surface area contributed by atoms with E-state index in [-0.39, 0.29) is 5.95 Å². The largest absolute Gasteiger partial charge is 0.477 e. The van der Waals surface area contributed by atoms with Crippen LogP contribution in [0.4, 0.5) is 0 Å². The van der Waals surface area contributed by atoms with Gasteiger partial charge in [-0.25, -0.2) is 0 Å². The quantitative estimate of drug-likeness (QED) is 0.566. The molecule has 1 N–H and O–H groups in total. The van der Waals surface area contributed by atoms with E-state index in [9.17, 15) is 5.11 Å². The Labute approximate surface area is 77.9 Å². The SMILES string of the molecule is CCO/C(O)=C/[n+]1ccc(C)cc1. The molecule has 0 unspecified atom stereocenters. The molecule has 13 heavy (non-hydrogen) atoms. The highest BCUT2D eigenvalue weighted by atomic mass is 16.6. The van der Waals surface area contributed by atoms with E-state index in [2.05, 4.69) is 0 Å². The van der Waals surface area contributed by atoms with E-state index in [0.717, 1.165) is 0 Å². The average molecular weight is 180 g/mol. The van der Waals surface area contributed by atoms with Crippen molar-refractivity contribution in [2.24, 2.45) is 0 Å². The van der Waals surface area contributed by atoms with E-state index >= 15 is 0 Å². The summed E-state index contributed by atoms with van der Waals surface area (Å²) in [6, 6.07) is 3.91. The molecule has 3 nitrogen and oxygen atoms in total. The molecular formula is C10H14NO2+. The average Bonchev–Trinajstić information content (AvgIpc) is 2.09. The van der Waals surface area contributed by atoms with Crippen LogP contribution in [0.25, 0.3) is 6.20 Å². The van der Waals surface area contributed by atoms with Crippen molar-refractivity contribution < 1.29 is 14.4 Å². The first-order chi connectivity index (χ1) is 6.22. The fourth-order valence-corrected chi connectivity index (χ4v) is 0.911. The van der Waals surface area contributed by atoms with Crippen molar-refractivity contribution in [2.45, 2.75) is 13.8 Å². The van der Waals surface area contributed by atoms with Crippen molar-refractivity contribution in [2.75, 3.05) is 6.61 Å². The van der Waals surface area contributed by atoms with Gasteiger partial charge in [0.25, 0.3) is 6.20 Å². The van der Waals surface area contributed by atoms with E-state index in [1.54, 1.807) is 4.57 Å². The van der Waals surface area contributed by atoms with Gasteiger partial charge < -0.3 is 9.84 Å². The van der Waals surface area contributed by atoms with Crippen LogP contribution in [0.2, 0.25) is 0 Å². The zero-order chi connectivity index (χ0) is 9.68. The Hall–Kier alpha value is -1.51. The molecule has 1 heterocycles. The Kier molecular flexibility index (Phi) is 3.31. The zero-order valence-electron chi connectivity index (χ0n) is 7.90. The first-order valence-corrected chi connectivity index (χ1v) is 4.23. The molecule has 0 aliphatic rings. The fraction of sp³-hybridized carbons (Fsp3) is 0.300. The second-order valence-corrected chi connectivity index (χ2v) is 2.72. The third-order valence-electron chi connectivity index (χ3n) is 1.57. The first kappa shape index (κ1) is 9.58. The van der Waals surface area contributed by atoms with Gasteiger partial charge in [0.05, 0.1) is 6.61 Å². The summed E-state index contributed by atoms with van der Waals surface area (Å²) in [5, 5.41) is 9.19. The van der Waals surface area contributed by atoms with Crippen molar-refractivity contribution in [3.05, 3.63) is 36.0 Å². The number of ether oxygens (including phenoxy) is 1. The van der Waals surface area contributed by atoms with Crippen molar-refractivity contribution in [3.63, 3.8) is 0 Å². The highest BCUT2D eigenvalue weighted by Crippen LogP contribution is 1.92. The number of nitrogens with zero attached hydrogens (tertiary/aromatic N) is 1. The molecular weight excluding hydrogens is 166 g/mol. The summed E-state index contributed by atoms with van der Waals surface area (Å²) >= 11 is 0. The summed E-state index contributed by atoms with van der Waals surface area (Å²) in [5.41, 5.74) is 1.18. The van der Waals surface area contributed by atoms with Gasteiger partial charge >= 0.3 is 5.95 Å². The molecule has 0 radical (unpaired) electrons. The molecule has 70 valence electrons. The van der Waals surface area contributed by atoms with Gasteiger partial charge in [-0.05, 0) is 19.4 Å². The third-order valence-corrected chi connectivity index (χ3v) is 1.57. The number of aromatic nitrogens is 1. The molecule has 0 aliphatic carbocycles. The standard InChI is InChI=1S/C10H13NO2/c1-3-13-10(12)8-11-6-4-9(2)5-7-11/h4-8H,3H2,1-2H3/p+1/b10-8+. The van der Waals surface area contributed by atoms with Crippen LogP contribution in [-0.4, -0.2) is 11.7 Å². The van der Waals surface area contributed by atoms with E-state index < -0.39 is 0 Å². The van der Waals surface area contributed by atoms with Crippen LogP contribution in [0, 0.1) is 6.92 Å². The number of aliphatic hydroxyl groups excluding tert-OH is 1. The number of rotatable bonds is 3. The van der Waals surface area contributed by atoms with Crippen LogP contribution >= 0.6 is 0 Å². The van der Waals surface area contributed by atoms with E-state index in [4.69, 9.17) is 4.74 Å². The maximum Gasteiger partial charge on any atom is 0.344 e. The molecule has 1 aromatic rings. The molecule has 3 heteroatoms. The smallest absolute Gasteiger partial charge is 0.344 e. The summed E-state index contributed by atoms with van der Waals surface area (Å²) in [6.07, 6.45) is 5.22. The van der Waals surface area contributed by atoms with Crippen LogP contribution in [0.5, 0.6) is 0 Å². The molecule has 1 aromatic heterocycles. The lowest BCUT2D eigenvalue weighted by Crippen LogP contribution is -2.25. The van der Waals surface area contributed by atoms with Crippen LogP contribution in [-0.2, 0) is 4.74 Å². The lowest BCUT2D eigenvalue weighted by Gasteiger charge is -1.96. The molecule has 0 bridgehead atoms. The minimum Gasteiger partial charge on any atom is -0.477 e. The number of aryl methyl sites for hydroxylation is 1. The summed E-state index contributed by atoms with van der Waals surface area (Å²) in [4.78, 5) is 0. The maximum absolute atomic E-state index is 9.19. The van der Waals surface area contributed by atoms with Crippen LogP contribution in [0.3, 0.4) is 0 Å². The number of pyridine rings is 1. The Morgan fingerprint density at radius 1 is 1.54 bits per heavy atom. The monoisotopic (exact) mass is 180 g/mol. The van der Waals surface area contributed by atoms with Gasteiger partial charge in [-0.2, -0.15) is 4.57 Å². The van der Waals surface area contributed by atoms with Crippen molar-refractivity contribution >= 4 is 6.20 Å². The molecule has 0 atom stereocenters. The molecule has 0 aliphatic heterocycles. The lowest BCUT2D eigenvalue weighted by molar-refractivity contribution is -0.570. The predicted octanol–water partition coefficient (Wildman–Crippen LogP) is 1.63. The second-order valence-electron chi connectivity index (χ2n) is 2.72. The number of hydrogen-bond acceptors (Lipinski definition) is 2. The van der Waals surface area contributed by atoms with Gasteiger partial charge in [0, 0.05) is 12.1 Å². The highest BCUT2D eigenvalue weighted by Gasteiger charge is 1.99. The molecule has 1 rings (SSSR count). The molecule has 0 fully saturated rings. The lowest BCUT2D eigenvalue weighted by atomic mass is 10.3. The van der Waals surface area contributed by atoms with Crippen LogP contribution < -0.4 is 4.57 Å². The summed E-state index contributed by atoms with van der Waals surface area (Å²) in [6.45, 7) is 4.30. The Morgan fingerprint density at radius 2 is 2.15 bits per heavy atom. The van der Waals surface area contributed by atoms with Gasteiger partial charge in [0.15, 0.2) is 12.4 Å². The van der Waals surface area contributed by atoms with Gasteiger partial charge in [-0.1, -0.05) is 0 Å². The maximum atomic E-state index is 9.19. The molecule has 0 aromatic carbocycles. The van der Waals surface area contributed by atoms with Crippen LogP contribution in [0.1, 0.15) is 12.5 Å². The van der Waals surface area contributed by atoms with Crippen molar-refractivity contribution in [3.8, 4) is 0 Å². The Balaban J connectivity index is 2.73. The fourth-order valence-electron chi connectivity index (χ4n) is 0.911. The van der Waals surface area contributed by atoms with Gasteiger partial charge in [-0.3, -0.25) is 0 Å². The topological polar surface area (TPSA) is 33.3 Å². The molecule has 0 amide bonds. The van der Waals surface area contributed by atoms with Crippen LogP contribution in [0.15, 0.2) is 30.5 Å². The Morgan fingerprint density at radius 3 is 2.69 bits per heavy atom. The first-order valence-electron chi connectivity index (χ1n) is 4.23. The zero-order valence-corrected chi connectivity index (χ0v) is 7.90. The van der Waals surface area contributed by atoms with Gasteiger partial charge in [-0.15, -0.1) is 0 Å². The minimum atomic E-state index is -0.0728. The normalized spacial score (nSPS) is 11.4. The second kappa shape index (κ2) is 4.50. The van der Waals surface area contributed by atoms with E-state index in [1.165, 1.54) is 11.8 Å². The molecule has 0 spiro atoms. The Bertz CT molecular complexity index is 290. The summed E-state index contributed by atoms with van der Waals surface area (Å²) in [5.74, 6) is -0.0728. The molecule has 0 saturated heterocycles. The van der Waals surface area contributed by atoms with Gasteiger partial charge in [0.2, 0.25) is 0 Å². The number of hydrogen-bond donors (Lipinski definition) is 1. The number of aliphatic hydroxyl groups is 1. The predicted molar refractivity (Wildman–Crippen MR) is 49.9 cm³/mol. The van der Waals surface area contributed by atoms with E-state index in [0.29, 0.717) is 6.61 Å². The highest BCUT2D eigenvalue weighted by molar-refractivity contribution is 5.10. The minimum absolute atomic E-state index is 0.0728. The van der Waals surface area contributed by atoms with E-state index in [1.807, 2.05) is 38.4 Å². The summed E-state index contributed by atoms with van der Waals surface area (Å²) in [7, 11) is 0. The van der Waals surface area contributed by atoms with Gasteiger partial charge in [0.1, 0.15) is 0 Å².